The summed E-state index contributed by atoms with van der Waals surface area (Å²) in [7, 11) is 0. The van der Waals surface area contributed by atoms with E-state index >= 15 is 0 Å². The lowest BCUT2D eigenvalue weighted by Gasteiger charge is -2.36. The molecular formula is C24H25FN4O2. The second-order valence-corrected chi connectivity index (χ2v) is 7.22. The third-order valence-electron chi connectivity index (χ3n) is 5.21. The number of carbonyl (C=O) groups is 1. The third-order valence-corrected chi connectivity index (χ3v) is 5.21. The summed E-state index contributed by atoms with van der Waals surface area (Å²) in [6.45, 7) is 3.13. The minimum Gasteiger partial charge on any atom is -0.491 e. The summed E-state index contributed by atoms with van der Waals surface area (Å²) < 4.78 is 17.4. The van der Waals surface area contributed by atoms with Gasteiger partial charge in [-0.15, -0.1) is 0 Å². The van der Waals surface area contributed by atoms with Gasteiger partial charge in [-0.2, -0.15) is 0 Å². The van der Waals surface area contributed by atoms with E-state index in [4.69, 9.17) is 4.74 Å². The van der Waals surface area contributed by atoms with Gasteiger partial charge in [0, 0.05) is 49.3 Å². The molecule has 6 nitrogen and oxygen atoms in total. The zero-order valence-electron chi connectivity index (χ0n) is 17.2. The Morgan fingerprint density at radius 1 is 0.935 bits per heavy atom. The van der Waals surface area contributed by atoms with Crippen molar-refractivity contribution in [2.45, 2.75) is 0 Å². The van der Waals surface area contributed by atoms with Gasteiger partial charge in [0.1, 0.15) is 24.8 Å². The first-order chi connectivity index (χ1) is 15.2. The fourth-order valence-electron chi connectivity index (χ4n) is 3.55. The van der Waals surface area contributed by atoms with Crippen LogP contribution >= 0.6 is 0 Å². The molecule has 1 saturated heterocycles. The SMILES string of the molecule is O=C(Nc1ccc(N2CCN(c3ccccn3)CC2)cc1)c1ccc(OCCF)cc1. The van der Waals surface area contributed by atoms with Crippen molar-refractivity contribution in [2.75, 3.05) is 54.6 Å². The van der Waals surface area contributed by atoms with Crippen molar-refractivity contribution >= 4 is 23.1 Å². The zero-order valence-corrected chi connectivity index (χ0v) is 17.2. The Balaban J connectivity index is 1.31. The highest BCUT2D eigenvalue weighted by Crippen LogP contribution is 2.22. The number of hydrogen-bond donors (Lipinski definition) is 1. The first kappa shape index (κ1) is 20.7. The number of benzene rings is 2. The number of rotatable bonds is 7. The topological polar surface area (TPSA) is 57.7 Å². The lowest BCUT2D eigenvalue weighted by atomic mass is 10.2. The predicted molar refractivity (Wildman–Crippen MR) is 121 cm³/mol. The summed E-state index contributed by atoms with van der Waals surface area (Å²) >= 11 is 0. The molecule has 1 amide bonds. The maximum Gasteiger partial charge on any atom is 0.255 e. The van der Waals surface area contributed by atoms with Crippen LogP contribution in [0.5, 0.6) is 5.75 Å². The molecule has 1 fully saturated rings. The highest BCUT2D eigenvalue weighted by Gasteiger charge is 2.18. The number of piperazine rings is 1. The Kier molecular flexibility index (Phi) is 6.62. The van der Waals surface area contributed by atoms with Crippen LogP contribution in [0, 0.1) is 0 Å². The van der Waals surface area contributed by atoms with Crippen LogP contribution < -0.4 is 19.9 Å². The number of pyridine rings is 1. The minimum atomic E-state index is -0.544. The van der Waals surface area contributed by atoms with Crippen molar-refractivity contribution in [1.29, 1.82) is 0 Å². The molecule has 4 rings (SSSR count). The molecular weight excluding hydrogens is 395 g/mol. The van der Waals surface area contributed by atoms with Crippen LogP contribution in [0.15, 0.2) is 72.9 Å². The minimum absolute atomic E-state index is 0.0100. The molecule has 3 aromatic rings. The fraction of sp³-hybridized carbons (Fsp3) is 0.250. The summed E-state index contributed by atoms with van der Waals surface area (Å²) in [6.07, 6.45) is 1.82. The number of amides is 1. The highest BCUT2D eigenvalue weighted by atomic mass is 19.1. The molecule has 31 heavy (non-hydrogen) atoms. The van der Waals surface area contributed by atoms with Gasteiger partial charge < -0.3 is 19.9 Å². The van der Waals surface area contributed by atoms with E-state index in [9.17, 15) is 9.18 Å². The van der Waals surface area contributed by atoms with Gasteiger partial charge in [0.25, 0.3) is 5.91 Å². The largest absolute Gasteiger partial charge is 0.491 e. The average Bonchev–Trinajstić information content (AvgIpc) is 2.84. The van der Waals surface area contributed by atoms with Gasteiger partial charge in [-0.1, -0.05) is 6.07 Å². The third kappa shape index (κ3) is 5.31. The number of carbonyl (C=O) groups excluding carboxylic acids is 1. The fourth-order valence-corrected chi connectivity index (χ4v) is 3.55. The average molecular weight is 420 g/mol. The van der Waals surface area contributed by atoms with Crippen LogP contribution in [0.2, 0.25) is 0 Å². The van der Waals surface area contributed by atoms with Crippen LogP contribution in [0.25, 0.3) is 0 Å². The standard InChI is InChI=1S/C24H25FN4O2/c25-12-18-31-22-10-4-19(5-11-22)24(30)27-20-6-8-21(9-7-20)28-14-16-29(17-15-28)23-3-1-2-13-26-23/h1-11,13H,12,14-18H2,(H,27,30). The molecule has 0 saturated carbocycles. The van der Waals surface area contributed by atoms with Gasteiger partial charge in [0.05, 0.1) is 0 Å². The van der Waals surface area contributed by atoms with Gasteiger partial charge in [0.15, 0.2) is 0 Å². The van der Waals surface area contributed by atoms with E-state index in [1.807, 2.05) is 48.7 Å². The van der Waals surface area contributed by atoms with Gasteiger partial charge in [-0.05, 0) is 60.7 Å². The smallest absolute Gasteiger partial charge is 0.255 e. The van der Waals surface area contributed by atoms with E-state index in [2.05, 4.69) is 20.1 Å². The number of nitrogens with one attached hydrogen (secondary N) is 1. The maximum absolute atomic E-state index is 12.5. The Morgan fingerprint density at radius 2 is 1.65 bits per heavy atom. The summed E-state index contributed by atoms with van der Waals surface area (Å²) in [6, 6.07) is 20.5. The van der Waals surface area contributed by atoms with Crippen LogP contribution in [-0.4, -0.2) is 50.4 Å². The van der Waals surface area contributed by atoms with E-state index in [-0.39, 0.29) is 12.5 Å². The Bertz CT molecular complexity index is 973. The molecule has 0 spiro atoms. The monoisotopic (exact) mass is 420 g/mol. The molecule has 7 heteroatoms. The maximum atomic E-state index is 12.5. The molecule has 2 heterocycles. The molecule has 1 N–H and O–H groups in total. The highest BCUT2D eigenvalue weighted by molar-refractivity contribution is 6.04. The number of anilines is 3. The normalized spacial score (nSPS) is 13.7. The molecule has 160 valence electrons. The number of aromatic nitrogens is 1. The van der Waals surface area contributed by atoms with Gasteiger partial charge in [-0.3, -0.25) is 4.79 Å². The lowest BCUT2D eigenvalue weighted by molar-refractivity contribution is 0.102. The number of alkyl halides is 1. The zero-order chi connectivity index (χ0) is 21.5. The summed E-state index contributed by atoms with van der Waals surface area (Å²) in [5.74, 6) is 1.36. The first-order valence-electron chi connectivity index (χ1n) is 10.3. The van der Waals surface area contributed by atoms with Crippen molar-refractivity contribution in [3.63, 3.8) is 0 Å². The quantitative estimate of drug-likeness (QED) is 0.626. The molecule has 0 aliphatic carbocycles. The van der Waals surface area contributed by atoms with Crippen LogP contribution in [0.3, 0.4) is 0 Å². The summed E-state index contributed by atoms with van der Waals surface area (Å²) in [4.78, 5) is 21.5. The Labute approximate surface area is 181 Å². The molecule has 1 aliphatic heterocycles. The second kappa shape index (κ2) is 9.93. The van der Waals surface area contributed by atoms with Gasteiger partial charge >= 0.3 is 0 Å². The molecule has 0 bridgehead atoms. The van der Waals surface area contributed by atoms with Gasteiger partial charge in [-0.25, -0.2) is 9.37 Å². The van der Waals surface area contributed by atoms with Crippen molar-refractivity contribution < 1.29 is 13.9 Å². The molecule has 0 atom stereocenters. The van der Waals surface area contributed by atoms with E-state index < -0.39 is 6.67 Å². The number of ether oxygens (including phenoxy) is 1. The number of halogens is 1. The van der Waals surface area contributed by atoms with E-state index in [0.29, 0.717) is 11.3 Å². The second-order valence-electron chi connectivity index (χ2n) is 7.22. The van der Waals surface area contributed by atoms with Crippen molar-refractivity contribution in [3.8, 4) is 5.75 Å². The molecule has 2 aromatic carbocycles. The van der Waals surface area contributed by atoms with Gasteiger partial charge in [0.2, 0.25) is 0 Å². The van der Waals surface area contributed by atoms with E-state index in [0.717, 1.165) is 43.4 Å². The van der Waals surface area contributed by atoms with Crippen LogP contribution in [0.1, 0.15) is 10.4 Å². The van der Waals surface area contributed by atoms with Crippen LogP contribution in [0.4, 0.5) is 21.6 Å². The van der Waals surface area contributed by atoms with E-state index in [1.165, 1.54) is 0 Å². The molecule has 0 unspecified atom stereocenters. The first-order valence-corrected chi connectivity index (χ1v) is 10.3. The molecule has 1 aromatic heterocycles. The lowest BCUT2D eigenvalue weighted by Crippen LogP contribution is -2.46. The van der Waals surface area contributed by atoms with Crippen molar-refractivity contribution in [2.24, 2.45) is 0 Å². The predicted octanol–water partition coefficient (Wildman–Crippen LogP) is 4.01. The Hall–Kier alpha value is -3.61. The van der Waals surface area contributed by atoms with Crippen molar-refractivity contribution in [1.82, 2.24) is 4.98 Å². The Morgan fingerprint density at radius 3 is 2.29 bits per heavy atom. The summed E-state index contributed by atoms with van der Waals surface area (Å²) in [5.41, 5.74) is 2.38. The van der Waals surface area contributed by atoms with E-state index in [1.54, 1.807) is 24.3 Å². The van der Waals surface area contributed by atoms with Crippen molar-refractivity contribution in [3.05, 3.63) is 78.5 Å². The molecule has 0 radical (unpaired) electrons. The van der Waals surface area contributed by atoms with Crippen LogP contribution in [-0.2, 0) is 0 Å². The number of nitrogens with zero attached hydrogens (tertiary/aromatic N) is 3. The number of hydrogen-bond acceptors (Lipinski definition) is 5. The molecule has 1 aliphatic rings. The summed E-state index contributed by atoms with van der Waals surface area (Å²) in [5, 5.41) is 2.90.